The van der Waals surface area contributed by atoms with Gasteiger partial charge in [-0.15, -0.1) is 11.8 Å². The average molecular weight is 387 g/mol. The molecule has 2 aromatic rings. The largest absolute Gasteiger partial charge is 0.339 e. The second kappa shape index (κ2) is 7.75. The summed E-state index contributed by atoms with van der Waals surface area (Å²) >= 11 is 1.74. The van der Waals surface area contributed by atoms with Crippen LogP contribution in [0.1, 0.15) is 25.7 Å². The van der Waals surface area contributed by atoms with Gasteiger partial charge >= 0.3 is 0 Å². The predicted octanol–water partition coefficient (Wildman–Crippen LogP) is 4.90. The van der Waals surface area contributed by atoms with Crippen molar-refractivity contribution in [3.05, 3.63) is 42.5 Å². The lowest BCUT2D eigenvalue weighted by Crippen LogP contribution is -2.39. The summed E-state index contributed by atoms with van der Waals surface area (Å²) < 4.78 is 13.1. The minimum absolute atomic E-state index is 0.649. The van der Waals surface area contributed by atoms with Crippen LogP contribution in [0.5, 0.6) is 0 Å². The molecule has 2 aliphatic heterocycles. The van der Waals surface area contributed by atoms with E-state index in [1.54, 1.807) is 11.8 Å². The zero-order chi connectivity index (χ0) is 18.1. The summed E-state index contributed by atoms with van der Waals surface area (Å²) in [5.41, 5.74) is 2.22. The minimum atomic E-state index is -1.10. The van der Waals surface area contributed by atoms with Gasteiger partial charge in [-0.2, -0.15) is 0 Å². The fourth-order valence-electron chi connectivity index (χ4n) is 4.10. The molecule has 2 aromatic carbocycles. The van der Waals surface area contributed by atoms with Gasteiger partial charge in [0.25, 0.3) is 0 Å². The van der Waals surface area contributed by atoms with Crippen LogP contribution in [-0.2, 0) is 10.8 Å². The highest BCUT2D eigenvalue weighted by Gasteiger charge is 2.29. The van der Waals surface area contributed by atoms with Gasteiger partial charge in [-0.1, -0.05) is 18.6 Å². The molecule has 26 heavy (non-hydrogen) atoms. The van der Waals surface area contributed by atoms with Crippen molar-refractivity contribution in [2.24, 2.45) is 0 Å². The summed E-state index contributed by atoms with van der Waals surface area (Å²) in [5.74, 6) is 0. The van der Waals surface area contributed by atoms with Crippen molar-refractivity contribution in [3.8, 4) is 0 Å². The van der Waals surface area contributed by atoms with Crippen LogP contribution in [0.2, 0.25) is 0 Å². The highest BCUT2D eigenvalue weighted by molar-refractivity contribution is 7.98. The van der Waals surface area contributed by atoms with Crippen LogP contribution in [-0.4, -0.2) is 41.5 Å². The molecule has 3 nitrogen and oxygen atoms in total. The lowest BCUT2D eigenvalue weighted by Gasteiger charge is -2.37. The second-order valence-electron chi connectivity index (χ2n) is 7.14. The SMILES string of the molecule is CSc1ccc2c(c1)N(CC[C@H]1CCCCN1C)c1ccccc1[S@@]2=O. The number of nitrogens with zero attached hydrogens (tertiary/aromatic N) is 2. The Morgan fingerprint density at radius 2 is 1.92 bits per heavy atom. The smallest absolute Gasteiger partial charge is 0.0892 e. The molecule has 1 saturated heterocycles. The summed E-state index contributed by atoms with van der Waals surface area (Å²) in [6.45, 7) is 2.17. The molecule has 0 amide bonds. The Kier molecular flexibility index (Phi) is 5.39. The van der Waals surface area contributed by atoms with Crippen LogP contribution in [0, 0.1) is 0 Å². The third-order valence-electron chi connectivity index (χ3n) is 5.62. The number of hydrogen-bond donors (Lipinski definition) is 0. The molecule has 0 aromatic heterocycles. The first-order valence-electron chi connectivity index (χ1n) is 9.35. The third kappa shape index (κ3) is 3.32. The van der Waals surface area contributed by atoms with Crippen molar-refractivity contribution in [1.29, 1.82) is 0 Å². The topological polar surface area (TPSA) is 23.6 Å². The fourth-order valence-corrected chi connectivity index (χ4v) is 5.90. The third-order valence-corrected chi connectivity index (χ3v) is 7.83. The van der Waals surface area contributed by atoms with Crippen LogP contribution in [0.25, 0.3) is 0 Å². The number of para-hydroxylation sites is 1. The Hall–Kier alpha value is -1.30. The van der Waals surface area contributed by atoms with E-state index in [0.29, 0.717) is 6.04 Å². The lowest BCUT2D eigenvalue weighted by atomic mass is 9.99. The number of rotatable bonds is 4. The number of likely N-dealkylation sites (tertiary alicyclic amines) is 1. The molecule has 0 saturated carbocycles. The second-order valence-corrected chi connectivity index (χ2v) is 9.44. The summed E-state index contributed by atoms with van der Waals surface area (Å²) in [4.78, 5) is 8.01. The van der Waals surface area contributed by atoms with Gasteiger partial charge in [0.2, 0.25) is 0 Å². The molecule has 0 unspecified atom stereocenters. The van der Waals surface area contributed by atoms with Gasteiger partial charge in [0, 0.05) is 17.5 Å². The molecule has 1 fully saturated rings. The first-order valence-corrected chi connectivity index (χ1v) is 11.7. The van der Waals surface area contributed by atoms with Gasteiger partial charge in [-0.25, -0.2) is 4.21 Å². The standard InChI is InChI=1S/C21H26N2OS2/c1-22-13-6-5-7-16(22)12-14-23-18-8-3-4-9-20(18)26(24)21-11-10-17(25-2)15-19(21)23/h3-4,8-11,15-16H,5-7,12-14H2,1-2H3/t16-,26+/m1/s1. The van der Waals surface area contributed by atoms with E-state index in [1.165, 1.54) is 30.7 Å². The van der Waals surface area contributed by atoms with E-state index in [-0.39, 0.29) is 0 Å². The Morgan fingerprint density at radius 1 is 1.12 bits per heavy atom. The van der Waals surface area contributed by atoms with E-state index in [1.807, 2.05) is 18.2 Å². The van der Waals surface area contributed by atoms with Crippen LogP contribution in [0.3, 0.4) is 0 Å². The van der Waals surface area contributed by atoms with Crippen LogP contribution < -0.4 is 4.90 Å². The van der Waals surface area contributed by atoms with Gasteiger partial charge < -0.3 is 9.80 Å². The maximum Gasteiger partial charge on any atom is 0.0892 e. The molecule has 0 bridgehead atoms. The molecular formula is C21H26N2OS2. The van der Waals surface area contributed by atoms with Crippen molar-refractivity contribution < 1.29 is 4.21 Å². The van der Waals surface area contributed by atoms with E-state index < -0.39 is 10.8 Å². The molecule has 2 atom stereocenters. The number of thioether (sulfide) groups is 1. The van der Waals surface area contributed by atoms with E-state index >= 15 is 0 Å². The minimum Gasteiger partial charge on any atom is -0.339 e. The summed E-state index contributed by atoms with van der Waals surface area (Å²) in [5, 5.41) is 0. The maximum absolute atomic E-state index is 13.1. The number of benzene rings is 2. The van der Waals surface area contributed by atoms with E-state index in [0.717, 1.165) is 34.1 Å². The molecular weight excluding hydrogens is 360 g/mol. The van der Waals surface area contributed by atoms with Crippen molar-refractivity contribution in [1.82, 2.24) is 4.90 Å². The van der Waals surface area contributed by atoms with Gasteiger partial charge in [-0.3, -0.25) is 0 Å². The first-order chi connectivity index (χ1) is 12.7. The Labute approximate surface area is 163 Å². The summed E-state index contributed by atoms with van der Waals surface area (Å²) in [7, 11) is 1.16. The summed E-state index contributed by atoms with van der Waals surface area (Å²) in [6.07, 6.45) is 7.17. The molecule has 0 N–H and O–H groups in total. The quantitative estimate of drug-likeness (QED) is 0.697. The molecule has 0 spiro atoms. The Morgan fingerprint density at radius 3 is 2.73 bits per heavy atom. The molecule has 2 aliphatic rings. The van der Waals surface area contributed by atoms with E-state index in [2.05, 4.69) is 47.4 Å². The van der Waals surface area contributed by atoms with Crippen molar-refractivity contribution in [2.45, 2.75) is 46.4 Å². The van der Waals surface area contributed by atoms with E-state index in [4.69, 9.17) is 0 Å². The predicted molar refractivity (Wildman–Crippen MR) is 111 cm³/mol. The maximum atomic E-state index is 13.1. The Balaban J connectivity index is 1.68. The number of piperidine rings is 1. The molecule has 5 heteroatoms. The molecule has 2 heterocycles. The number of hydrogen-bond acceptors (Lipinski definition) is 4. The van der Waals surface area contributed by atoms with Crippen molar-refractivity contribution >= 4 is 33.9 Å². The lowest BCUT2D eigenvalue weighted by molar-refractivity contribution is 0.178. The van der Waals surface area contributed by atoms with Crippen molar-refractivity contribution in [2.75, 3.05) is 31.3 Å². The molecule has 138 valence electrons. The van der Waals surface area contributed by atoms with E-state index in [9.17, 15) is 4.21 Å². The zero-order valence-electron chi connectivity index (χ0n) is 15.5. The zero-order valence-corrected chi connectivity index (χ0v) is 17.1. The highest BCUT2D eigenvalue weighted by Crippen LogP contribution is 2.43. The molecule has 0 radical (unpaired) electrons. The van der Waals surface area contributed by atoms with Crippen LogP contribution in [0.4, 0.5) is 11.4 Å². The van der Waals surface area contributed by atoms with Crippen molar-refractivity contribution in [3.63, 3.8) is 0 Å². The normalized spacial score (nSPS) is 22.8. The summed E-state index contributed by atoms with van der Waals surface area (Å²) in [6, 6.07) is 15.2. The monoisotopic (exact) mass is 386 g/mol. The van der Waals surface area contributed by atoms with Gasteiger partial charge in [0.1, 0.15) is 0 Å². The van der Waals surface area contributed by atoms with Gasteiger partial charge in [0.05, 0.1) is 32.0 Å². The van der Waals surface area contributed by atoms with Gasteiger partial charge in [-0.05, 0) is 69.4 Å². The fraction of sp³-hybridized carbons (Fsp3) is 0.429. The first kappa shape index (κ1) is 18.1. The molecule has 0 aliphatic carbocycles. The highest BCUT2D eigenvalue weighted by atomic mass is 32.2. The molecule has 4 rings (SSSR count). The number of anilines is 2. The Bertz CT molecular complexity index is 823. The average Bonchev–Trinajstić information content (AvgIpc) is 2.69. The van der Waals surface area contributed by atoms with Crippen LogP contribution in [0.15, 0.2) is 57.2 Å². The van der Waals surface area contributed by atoms with Crippen LogP contribution >= 0.6 is 11.8 Å². The number of fused-ring (bicyclic) bond motifs is 2. The van der Waals surface area contributed by atoms with Gasteiger partial charge in [0.15, 0.2) is 0 Å².